The number of halogens is 2. The summed E-state index contributed by atoms with van der Waals surface area (Å²) in [6.45, 7) is 1.92. The van der Waals surface area contributed by atoms with Crippen molar-refractivity contribution in [2.75, 3.05) is 18.4 Å². The van der Waals surface area contributed by atoms with Gasteiger partial charge in [0.1, 0.15) is 5.82 Å². The van der Waals surface area contributed by atoms with Crippen LogP contribution >= 0.6 is 12.4 Å². The summed E-state index contributed by atoms with van der Waals surface area (Å²) < 4.78 is 13.6. The van der Waals surface area contributed by atoms with Crippen LogP contribution in [-0.4, -0.2) is 24.9 Å². The van der Waals surface area contributed by atoms with Crippen LogP contribution in [-0.2, 0) is 4.79 Å². The van der Waals surface area contributed by atoms with Gasteiger partial charge >= 0.3 is 0 Å². The summed E-state index contributed by atoms with van der Waals surface area (Å²) in [7, 11) is 0. The third-order valence-electron chi connectivity index (χ3n) is 3.47. The highest BCUT2D eigenvalue weighted by atomic mass is 35.5. The summed E-state index contributed by atoms with van der Waals surface area (Å²) in [5.41, 5.74) is 5.29. The zero-order valence-corrected chi connectivity index (χ0v) is 12.3. The van der Waals surface area contributed by atoms with Gasteiger partial charge in [0.15, 0.2) is 0 Å². The Bertz CT molecular complexity index is 519. The Balaban J connectivity index is 0.00000220. The van der Waals surface area contributed by atoms with E-state index in [0.717, 1.165) is 32.0 Å². The second-order valence-corrected chi connectivity index (χ2v) is 5.00. The molecule has 1 heterocycles. The van der Waals surface area contributed by atoms with Crippen LogP contribution in [0.3, 0.4) is 0 Å². The summed E-state index contributed by atoms with van der Waals surface area (Å²) in [5.74, 6) is -0.983. The highest BCUT2D eigenvalue weighted by Crippen LogP contribution is 2.18. The van der Waals surface area contributed by atoms with Crippen molar-refractivity contribution >= 4 is 29.9 Å². The van der Waals surface area contributed by atoms with E-state index in [1.807, 2.05) is 0 Å². The molecule has 21 heavy (non-hydrogen) atoms. The van der Waals surface area contributed by atoms with Crippen molar-refractivity contribution in [3.05, 3.63) is 29.6 Å². The van der Waals surface area contributed by atoms with Gasteiger partial charge in [-0.05, 0) is 50.0 Å². The molecule has 7 heteroatoms. The third kappa shape index (κ3) is 4.99. The minimum atomic E-state index is -0.655. The maximum atomic E-state index is 13.6. The second kappa shape index (κ2) is 7.95. The Hall–Kier alpha value is -1.66. The Kier molecular flexibility index (Phi) is 6.58. The molecular formula is C14H19ClFN3O2. The molecule has 1 fully saturated rings. The van der Waals surface area contributed by atoms with E-state index < -0.39 is 11.7 Å². The van der Waals surface area contributed by atoms with Crippen LogP contribution in [0.4, 0.5) is 10.1 Å². The van der Waals surface area contributed by atoms with Crippen LogP contribution in [0, 0.1) is 11.7 Å². The predicted molar refractivity (Wildman–Crippen MR) is 81.0 cm³/mol. The fraction of sp³-hybridized carbons (Fsp3) is 0.429. The van der Waals surface area contributed by atoms with Crippen LogP contribution < -0.4 is 16.4 Å². The number of primary amides is 1. The smallest absolute Gasteiger partial charge is 0.248 e. The van der Waals surface area contributed by atoms with Crippen LogP contribution in [0.15, 0.2) is 18.2 Å². The predicted octanol–water partition coefficient (Wildman–Crippen LogP) is 1.67. The van der Waals surface area contributed by atoms with Gasteiger partial charge in [-0.25, -0.2) is 4.39 Å². The number of rotatable bonds is 5. The molecule has 1 atom stereocenters. The first-order valence-corrected chi connectivity index (χ1v) is 6.66. The molecule has 2 amide bonds. The van der Waals surface area contributed by atoms with Crippen molar-refractivity contribution in [1.29, 1.82) is 0 Å². The number of nitrogens with one attached hydrogen (secondary N) is 2. The molecular weight excluding hydrogens is 297 g/mol. The Morgan fingerprint density at radius 1 is 1.43 bits per heavy atom. The van der Waals surface area contributed by atoms with Crippen LogP contribution in [0.1, 0.15) is 29.6 Å². The molecule has 5 nitrogen and oxygen atoms in total. The SMILES string of the molecule is Cl.NC(=O)c1ccc(F)c(NC(=O)CCC2CCNC2)c1. The van der Waals surface area contributed by atoms with Crippen molar-refractivity contribution in [1.82, 2.24) is 5.32 Å². The monoisotopic (exact) mass is 315 g/mol. The lowest BCUT2D eigenvalue weighted by Crippen LogP contribution is -2.17. The van der Waals surface area contributed by atoms with Gasteiger partial charge in [-0.15, -0.1) is 12.4 Å². The zero-order chi connectivity index (χ0) is 14.5. The molecule has 1 aromatic carbocycles. The molecule has 1 saturated heterocycles. The van der Waals surface area contributed by atoms with Gasteiger partial charge < -0.3 is 16.4 Å². The highest BCUT2D eigenvalue weighted by Gasteiger charge is 2.16. The lowest BCUT2D eigenvalue weighted by atomic mass is 10.0. The van der Waals surface area contributed by atoms with E-state index in [9.17, 15) is 14.0 Å². The first-order chi connectivity index (χ1) is 9.56. The minimum Gasteiger partial charge on any atom is -0.366 e. The van der Waals surface area contributed by atoms with E-state index in [2.05, 4.69) is 10.6 Å². The lowest BCUT2D eigenvalue weighted by molar-refractivity contribution is -0.116. The van der Waals surface area contributed by atoms with Crippen molar-refractivity contribution in [2.45, 2.75) is 19.3 Å². The normalized spacial score (nSPS) is 17.1. The Morgan fingerprint density at radius 2 is 2.19 bits per heavy atom. The maximum absolute atomic E-state index is 13.6. The molecule has 0 aliphatic carbocycles. The highest BCUT2D eigenvalue weighted by molar-refractivity contribution is 5.96. The molecule has 0 spiro atoms. The summed E-state index contributed by atoms with van der Waals surface area (Å²) in [6.07, 6.45) is 2.18. The van der Waals surface area contributed by atoms with Crippen molar-refractivity contribution in [2.24, 2.45) is 11.7 Å². The lowest BCUT2D eigenvalue weighted by Gasteiger charge is -2.10. The van der Waals surface area contributed by atoms with E-state index in [1.54, 1.807) is 0 Å². The standard InChI is InChI=1S/C14H18FN3O2.ClH/c15-11-3-2-10(14(16)20)7-12(11)18-13(19)4-1-9-5-6-17-8-9;/h2-3,7,9,17H,1,4-6,8H2,(H2,16,20)(H,18,19);1H. The van der Waals surface area contributed by atoms with E-state index in [-0.39, 0.29) is 29.6 Å². The fourth-order valence-electron chi connectivity index (χ4n) is 2.28. The van der Waals surface area contributed by atoms with Crippen molar-refractivity contribution < 1.29 is 14.0 Å². The molecule has 0 radical (unpaired) electrons. The Labute approximate surface area is 128 Å². The van der Waals surface area contributed by atoms with E-state index in [4.69, 9.17) is 5.73 Å². The molecule has 1 unspecified atom stereocenters. The topological polar surface area (TPSA) is 84.2 Å². The first kappa shape index (κ1) is 17.4. The number of nitrogens with two attached hydrogens (primary N) is 1. The number of carbonyl (C=O) groups excluding carboxylic acids is 2. The molecule has 1 aromatic rings. The number of hydrogen-bond donors (Lipinski definition) is 3. The second-order valence-electron chi connectivity index (χ2n) is 5.00. The summed E-state index contributed by atoms with van der Waals surface area (Å²) in [4.78, 5) is 22.8. The van der Waals surface area contributed by atoms with Crippen LogP contribution in [0.5, 0.6) is 0 Å². The van der Waals surface area contributed by atoms with Gasteiger partial charge in [0.25, 0.3) is 0 Å². The molecule has 0 bridgehead atoms. The minimum absolute atomic E-state index is 0. The van der Waals surface area contributed by atoms with Crippen molar-refractivity contribution in [3.63, 3.8) is 0 Å². The molecule has 1 aliphatic heterocycles. The van der Waals surface area contributed by atoms with Crippen molar-refractivity contribution in [3.8, 4) is 0 Å². The largest absolute Gasteiger partial charge is 0.366 e. The van der Waals surface area contributed by atoms with Gasteiger partial charge in [0.05, 0.1) is 5.69 Å². The van der Waals surface area contributed by atoms with Gasteiger partial charge in [-0.1, -0.05) is 0 Å². The number of benzene rings is 1. The number of carbonyl (C=O) groups is 2. The van der Waals surface area contributed by atoms with Gasteiger partial charge in [0, 0.05) is 12.0 Å². The summed E-state index contributed by atoms with van der Waals surface area (Å²) in [5, 5.41) is 5.72. The number of amides is 2. The number of anilines is 1. The molecule has 4 N–H and O–H groups in total. The average Bonchev–Trinajstić information content (AvgIpc) is 2.92. The summed E-state index contributed by atoms with van der Waals surface area (Å²) >= 11 is 0. The first-order valence-electron chi connectivity index (χ1n) is 6.66. The van der Waals surface area contributed by atoms with Gasteiger partial charge in [-0.2, -0.15) is 0 Å². The maximum Gasteiger partial charge on any atom is 0.248 e. The van der Waals surface area contributed by atoms with E-state index >= 15 is 0 Å². The molecule has 0 saturated carbocycles. The fourth-order valence-corrected chi connectivity index (χ4v) is 2.28. The molecule has 2 rings (SSSR count). The average molecular weight is 316 g/mol. The summed E-state index contributed by atoms with van der Waals surface area (Å²) in [6, 6.07) is 3.67. The zero-order valence-electron chi connectivity index (χ0n) is 11.5. The van der Waals surface area contributed by atoms with Gasteiger partial charge in [-0.3, -0.25) is 9.59 Å². The quantitative estimate of drug-likeness (QED) is 0.773. The molecule has 1 aliphatic rings. The van der Waals surface area contributed by atoms with Crippen LogP contribution in [0.2, 0.25) is 0 Å². The van der Waals surface area contributed by atoms with E-state index in [1.165, 1.54) is 12.1 Å². The Morgan fingerprint density at radius 3 is 2.81 bits per heavy atom. The number of hydrogen-bond acceptors (Lipinski definition) is 3. The van der Waals surface area contributed by atoms with Crippen LogP contribution in [0.25, 0.3) is 0 Å². The van der Waals surface area contributed by atoms with Gasteiger partial charge in [0.2, 0.25) is 11.8 Å². The molecule has 0 aromatic heterocycles. The molecule has 116 valence electrons. The van der Waals surface area contributed by atoms with E-state index in [0.29, 0.717) is 12.3 Å². The third-order valence-corrected chi connectivity index (χ3v) is 3.47.